The number of hydrogen-bond acceptors (Lipinski definition) is 1. The number of rotatable bonds is 3. The van der Waals surface area contributed by atoms with Crippen LogP contribution in [0.2, 0.25) is 0 Å². The monoisotopic (exact) mass is 181 g/mol. The van der Waals surface area contributed by atoms with Crippen LogP contribution in [0.15, 0.2) is 12.7 Å². The van der Waals surface area contributed by atoms with Crippen LogP contribution in [-0.4, -0.2) is 12.1 Å². The molecular weight excluding hydrogens is 158 g/mol. The van der Waals surface area contributed by atoms with Crippen LogP contribution in [0.1, 0.15) is 46.5 Å². The molecule has 2 atom stereocenters. The van der Waals surface area contributed by atoms with Crippen molar-refractivity contribution >= 4 is 0 Å². The highest BCUT2D eigenvalue weighted by Crippen LogP contribution is 2.35. The molecule has 1 nitrogen and oxygen atoms in total. The van der Waals surface area contributed by atoms with Gasteiger partial charge < -0.3 is 5.32 Å². The highest BCUT2D eigenvalue weighted by Gasteiger charge is 2.27. The van der Waals surface area contributed by atoms with Gasteiger partial charge in [0.1, 0.15) is 0 Å². The summed E-state index contributed by atoms with van der Waals surface area (Å²) >= 11 is 0. The van der Waals surface area contributed by atoms with Crippen molar-refractivity contribution in [1.82, 2.24) is 5.32 Å². The lowest BCUT2D eigenvalue weighted by molar-refractivity contribution is 0.195. The van der Waals surface area contributed by atoms with Crippen molar-refractivity contribution in [2.24, 2.45) is 5.41 Å². The third-order valence-corrected chi connectivity index (χ3v) is 3.06. The summed E-state index contributed by atoms with van der Waals surface area (Å²) in [5.74, 6) is 0. The lowest BCUT2D eigenvalue weighted by Gasteiger charge is -2.36. The van der Waals surface area contributed by atoms with E-state index in [-0.39, 0.29) is 0 Å². The van der Waals surface area contributed by atoms with Crippen LogP contribution in [-0.2, 0) is 0 Å². The van der Waals surface area contributed by atoms with Gasteiger partial charge in [-0.15, -0.1) is 6.58 Å². The number of hydrogen-bond donors (Lipinski definition) is 1. The Bertz CT molecular complexity index is 172. The van der Waals surface area contributed by atoms with Crippen molar-refractivity contribution in [2.45, 2.75) is 58.5 Å². The summed E-state index contributed by atoms with van der Waals surface area (Å²) in [5.41, 5.74) is 0.538. The van der Waals surface area contributed by atoms with Crippen LogP contribution in [0.5, 0.6) is 0 Å². The Labute approximate surface area is 82.6 Å². The average Bonchev–Trinajstić information content (AvgIpc) is 2.02. The van der Waals surface area contributed by atoms with Crippen LogP contribution in [0.3, 0.4) is 0 Å². The van der Waals surface area contributed by atoms with Crippen molar-refractivity contribution in [3.63, 3.8) is 0 Å². The molecule has 2 unspecified atom stereocenters. The maximum Gasteiger partial charge on any atom is 0.0221 e. The topological polar surface area (TPSA) is 12.0 Å². The standard InChI is InChI=1S/C12H23N/c1-5-10(2)13-11-7-6-8-12(3,4)9-11/h5,10-11,13H,1,6-9H2,2-4H3. The molecule has 1 aliphatic rings. The first-order valence-corrected chi connectivity index (χ1v) is 5.42. The lowest BCUT2D eigenvalue weighted by atomic mass is 9.75. The molecule has 0 saturated heterocycles. The molecule has 0 bridgehead atoms. The molecule has 1 fully saturated rings. The Morgan fingerprint density at radius 1 is 1.54 bits per heavy atom. The minimum atomic E-state index is 0.457. The van der Waals surface area contributed by atoms with Gasteiger partial charge in [0.25, 0.3) is 0 Å². The highest BCUT2D eigenvalue weighted by molar-refractivity contribution is 4.89. The molecule has 1 rings (SSSR count). The van der Waals surface area contributed by atoms with E-state index < -0.39 is 0 Å². The molecule has 1 aliphatic carbocycles. The van der Waals surface area contributed by atoms with Gasteiger partial charge in [0.15, 0.2) is 0 Å². The Morgan fingerprint density at radius 3 is 2.77 bits per heavy atom. The normalized spacial score (nSPS) is 29.6. The van der Waals surface area contributed by atoms with E-state index in [1.165, 1.54) is 25.7 Å². The third-order valence-electron chi connectivity index (χ3n) is 3.06. The molecule has 0 aromatic rings. The van der Waals surface area contributed by atoms with Crippen LogP contribution < -0.4 is 5.32 Å². The zero-order valence-corrected chi connectivity index (χ0v) is 9.27. The summed E-state index contributed by atoms with van der Waals surface area (Å²) in [4.78, 5) is 0. The van der Waals surface area contributed by atoms with Crippen molar-refractivity contribution in [2.75, 3.05) is 0 Å². The fourth-order valence-corrected chi connectivity index (χ4v) is 2.28. The Kier molecular flexibility index (Phi) is 3.55. The van der Waals surface area contributed by atoms with E-state index in [1.807, 2.05) is 6.08 Å². The SMILES string of the molecule is C=CC(C)NC1CCCC(C)(C)C1. The van der Waals surface area contributed by atoms with E-state index in [0.717, 1.165) is 0 Å². The molecule has 13 heavy (non-hydrogen) atoms. The van der Waals surface area contributed by atoms with Gasteiger partial charge in [-0.1, -0.05) is 26.3 Å². The summed E-state index contributed by atoms with van der Waals surface area (Å²) in [5, 5.41) is 3.61. The van der Waals surface area contributed by atoms with Gasteiger partial charge in [0.2, 0.25) is 0 Å². The minimum Gasteiger partial charge on any atom is -0.308 e. The largest absolute Gasteiger partial charge is 0.308 e. The van der Waals surface area contributed by atoms with E-state index in [0.29, 0.717) is 17.5 Å². The Hall–Kier alpha value is -0.300. The van der Waals surface area contributed by atoms with Crippen LogP contribution >= 0.6 is 0 Å². The smallest absolute Gasteiger partial charge is 0.0221 e. The fourth-order valence-electron chi connectivity index (χ4n) is 2.28. The van der Waals surface area contributed by atoms with Crippen LogP contribution in [0.4, 0.5) is 0 Å². The van der Waals surface area contributed by atoms with E-state index in [4.69, 9.17) is 0 Å². The lowest BCUT2D eigenvalue weighted by Crippen LogP contribution is -2.41. The van der Waals surface area contributed by atoms with E-state index in [2.05, 4.69) is 32.7 Å². The predicted octanol–water partition coefficient (Wildman–Crippen LogP) is 3.12. The molecule has 0 aliphatic heterocycles. The second-order valence-corrected chi connectivity index (χ2v) is 5.15. The van der Waals surface area contributed by atoms with Crippen molar-refractivity contribution in [3.05, 3.63) is 12.7 Å². The molecule has 0 aromatic heterocycles. The molecule has 1 N–H and O–H groups in total. The molecule has 0 spiro atoms. The maximum atomic E-state index is 3.80. The quantitative estimate of drug-likeness (QED) is 0.660. The summed E-state index contributed by atoms with van der Waals surface area (Å²) in [6.07, 6.45) is 7.39. The highest BCUT2D eigenvalue weighted by atomic mass is 14.9. The molecule has 1 saturated carbocycles. The zero-order chi connectivity index (χ0) is 9.90. The predicted molar refractivity (Wildman–Crippen MR) is 58.8 cm³/mol. The molecule has 0 radical (unpaired) electrons. The fraction of sp³-hybridized carbons (Fsp3) is 0.833. The van der Waals surface area contributed by atoms with Crippen molar-refractivity contribution < 1.29 is 0 Å². The first-order valence-electron chi connectivity index (χ1n) is 5.42. The van der Waals surface area contributed by atoms with Gasteiger partial charge in [0.05, 0.1) is 0 Å². The zero-order valence-electron chi connectivity index (χ0n) is 9.27. The van der Waals surface area contributed by atoms with Gasteiger partial charge in [-0.3, -0.25) is 0 Å². The average molecular weight is 181 g/mol. The molecule has 76 valence electrons. The third kappa shape index (κ3) is 3.51. The minimum absolute atomic E-state index is 0.457. The Morgan fingerprint density at radius 2 is 2.23 bits per heavy atom. The summed E-state index contributed by atoms with van der Waals surface area (Å²) in [6.45, 7) is 10.7. The van der Waals surface area contributed by atoms with Crippen LogP contribution in [0, 0.1) is 5.41 Å². The Balaban J connectivity index is 2.38. The molecule has 1 heteroatoms. The van der Waals surface area contributed by atoms with Gasteiger partial charge in [-0.05, 0) is 31.6 Å². The first-order chi connectivity index (χ1) is 6.03. The molecule has 0 amide bonds. The van der Waals surface area contributed by atoms with Gasteiger partial charge in [-0.25, -0.2) is 0 Å². The molecule has 0 aromatic carbocycles. The van der Waals surface area contributed by atoms with Crippen molar-refractivity contribution in [1.29, 1.82) is 0 Å². The van der Waals surface area contributed by atoms with Crippen LogP contribution in [0.25, 0.3) is 0 Å². The summed E-state index contributed by atoms with van der Waals surface area (Å²) in [6, 6.07) is 1.16. The molecule has 0 heterocycles. The summed E-state index contributed by atoms with van der Waals surface area (Å²) in [7, 11) is 0. The van der Waals surface area contributed by atoms with E-state index >= 15 is 0 Å². The second kappa shape index (κ2) is 4.28. The van der Waals surface area contributed by atoms with Crippen molar-refractivity contribution in [3.8, 4) is 0 Å². The van der Waals surface area contributed by atoms with E-state index in [9.17, 15) is 0 Å². The van der Waals surface area contributed by atoms with Gasteiger partial charge in [0, 0.05) is 12.1 Å². The van der Waals surface area contributed by atoms with E-state index in [1.54, 1.807) is 0 Å². The van der Waals surface area contributed by atoms with Gasteiger partial charge >= 0.3 is 0 Å². The first kappa shape index (κ1) is 10.8. The number of nitrogens with one attached hydrogen (secondary N) is 1. The molecular formula is C12H23N. The second-order valence-electron chi connectivity index (χ2n) is 5.15. The maximum absolute atomic E-state index is 3.80. The summed E-state index contributed by atoms with van der Waals surface area (Å²) < 4.78 is 0. The van der Waals surface area contributed by atoms with Gasteiger partial charge in [-0.2, -0.15) is 0 Å².